The minimum Gasteiger partial charge on any atom is -0.371 e. The summed E-state index contributed by atoms with van der Waals surface area (Å²) >= 11 is 0. The van der Waals surface area contributed by atoms with Gasteiger partial charge in [-0.2, -0.15) is 0 Å². The zero-order chi connectivity index (χ0) is 15.1. The van der Waals surface area contributed by atoms with Crippen molar-refractivity contribution in [3.63, 3.8) is 0 Å². The van der Waals surface area contributed by atoms with Gasteiger partial charge in [0.2, 0.25) is 5.91 Å². The molecule has 4 heteroatoms. The van der Waals surface area contributed by atoms with E-state index in [4.69, 9.17) is 0 Å². The summed E-state index contributed by atoms with van der Waals surface area (Å²) in [5.41, 5.74) is 2.12. The first-order valence-corrected chi connectivity index (χ1v) is 8.03. The SMILES string of the molecule is CC(C)NCCCC(=O)Nc1cccc(N2CCCC2)c1. The Morgan fingerprint density at radius 1 is 1.29 bits per heavy atom. The molecule has 2 N–H and O–H groups in total. The Labute approximate surface area is 127 Å². The van der Waals surface area contributed by atoms with E-state index in [-0.39, 0.29) is 5.91 Å². The minimum atomic E-state index is 0.0964. The van der Waals surface area contributed by atoms with Crippen molar-refractivity contribution in [2.75, 3.05) is 29.9 Å². The second kappa shape index (κ2) is 8.03. The van der Waals surface area contributed by atoms with Crippen molar-refractivity contribution in [2.45, 2.75) is 45.6 Å². The largest absolute Gasteiger partial charge is 0.371 e. The van der Waals surface area contributed by atoms with Gasteiger partial charge in [0.05, 0.1) is 0 Å². The maximum Gasteiger partial charge on any atom is 0.224 e. The standard InChI is InChI=1S/C17H27N3O/c1-14(2)18-10-6-9-17(21)19-15-7-5-8-16(13-15)20-11-3-4-12-20/h5,7-8,13-14,18H,3-4,6,9-12H2,1-2H3,(H,19,21). The van der Waals surface area contributed by atoms with E-state index in [1.54, 1.807) is 0 Å². The van der Waals surface area contributed by atoms with E-state index in [9.17, 15) is 4.79 Å². The summed E-state index contributed by atoms with van der Waals surface area (Å²) in [5.74, 6) is 0.0964. The molecule has 1 heterocycles. The van der Waals surface area contributed by atoms with Crippen LogP contribution in [0.1, 0.15) is 39.5 Å². The van der Waals surface area contributed by atoms with E-state index >= 15 is 0 Å². The Kier molecular flexibility index (Phi) is 6.05. The van der Waals surface area contributed by atoms with Gasteiger partial charge < -0.3 is 15.5 Å². The van der Waals surface area contributed by atoms with Crippen molar-refractivity contribution in [3.05, 3.63) is 24.3 Å². The van der Waals surface area contributed by atoms with E-state index in [0.717, 1.165) is 31.7 Å². The molecule has 1 aromatic carbocycles. The van der Waals surface area contributed by atoms with Crippen LogP contribution >= 0.6 is 0 Å². The summed E-state index contributed by atoms with van der Waals surface area (Å²) < 4.78 is 0. The van der Waals surface area contributed by atoms with E-state index < -0.39 is 0 Å². The molecule has 1 aliphatic rings. The first-order valence-electron chi connectivity index (χ1n) is 8.03. The molecule has 0 spiro atoms. The molecule has 0 atom stereocenters. The van der Waals surface area contributed by atoms with Crippen LogP contribution in [0.2, 0.25) is 0 Å². The highest BCUT2D eigenvalue weighted by Crippen LogP contribution is 2.23. The van der Waals surface area contributed by atoms with Crippen LogP contribution in [-0.4, -0.2) is 31.6 Å². The molecular formula is C17H27N3O. The van der Waals surface area contributed by atoms with Gasteiger partial charge in [0.25, 0.3) is 0 Å². The third-order valence-corrected chi connectivity index (χ3v) is 3.73. The van der Waals surface area contributed by atoms with Crippen molar-refractivity contribution < 1.29 is 4.79 Å². The zero-order valence-electron chi connectivity index (χ0n) is 13.2. The maximum absolute atomic E-state index is 11.9. The van der Waals surface area contributed by atoms with Crippen LogP contribution in [0.5, 0.6) is 0 Å². The van der Waals surface area contributed by atoms with Crippen molar-refractivity contribution in [3.8, 4) is 0 Å². The number of nitrogens with one attached hydrogen (secondary N) is 2. The predicted octanol–water partition coefficient (Wildman–Crippen LogP) is 3.00. The number of anilines is 2. The highest BCUT2D eigenvalue weighted by atomic mass is 16.1. The van der Waals surface area contributed by atoms with Crippen LogP contribution in [0.4, 0.5) is 11.4 Å². The normalized spacial score (nSPS) is 14.7. The number of rotatable bonds is 7. The van der Waals surface area contributed by atoms with Crippen molar-refractivity contribution in [1.29, 1.82) is 0 Å². The first kappa shape index (κ1) is 15.8. The van der Waals surface area contributed by atoms with Crippen LogP contribution < -0.4 is 15.5 Å². The predicted molar refractivity (Wildman–Crippen MR) is 88.9 cm³/mol. The number of benzene rings is 1. The average Bonchev–Trinajstić information content (AvgIpc) is 2.98. The van der Waals surface area contributed by atoms with E-state index in [2.05, 4.69) is 41.5 Å². The molecule has 0 saturated carbocycles. The molecule has 1 fully saturated rings. The lowest BCUT2D eigenvalue weighted by molar-refractivity contribution is -0.116. The van der Waals surface area contributed by atoms with Crippen LogP contribution in [-0.2, 0) is 4.79 Å². The molecule has 0 unspecified atom stereocenters. The summed E-state index contributed by atoms with van der Waals surface area (Å²) in [7, 11) is 0. The number of amides is 1. The lowest BCUT2D eigenvalue weighted by atomic mass is 10.2. The Bertz CT molecular complexity index is 453. The van der Waals surface area contributed by atoms with Crippen molar-refractivity contribution in [2.24, 2.45) is 0 Å². The highest BCUT2D eigenvalue weighted by Gasteiger charge is 2.12. The Morgan fingerprint density at radius 3 is 2.76 bits per heavy atom. The molecule has 1 amide bonds. The van der Waals surface area contributed by atoms with E-state index in [1.807, 2.05) is 12.1 Å². The maximum atomic E-state index is 11.9. The summed E-state index contributed by atoms with van der Waals surface area (Å²) in [6.07, 6.45) is 3.96. The quantitative estimate of drug-likeness (QED) is 0.758. The smallest absolute Gasteiger partial charge is 0.224 e. The molecule has 1 saturated heterocycles. The molecule has 116 valence electrons. The molecule has 0 radical (unpaired) electrons. The molecule has 21 heavy (non-hydrogen) atoms. The summed E-state index contributed by atoms with van der Waals surface area (Å²) in [4.78, 5) is 14.3. The van der Waals surface area contributed by atoms with Gasteiger partial charge in [-0.15, -0.1) is 0 Å². The fourth-order valence-corrected chi connectivity index (χ4v) is 2.62. The second-order valence-electron chi connectivity index (χ2n) is 6.01. The molecule has 0 bridgehead atoms. The molecule has 1 aromatic rings. The van der Waals surface area contributed by atoms with Gasteiger partial charge in [-0.25, -0.2) is 0 Å². The number of carbonyl (C=O) groups is 1. The number of hydrogen-bond donors (Lipinski definition) is 2. The summed E-state index contributed by atoms with van der Waals surface area (Å²) in [6, 6.07) is 8.65. The fraction of sp³-hybridized carbons (Fsp3) is 0.588. The van der Waals surface area contributed by atoms with Crippen molar-refractivity contribution in [1.82, 2.24) is 5.32 Å². The van der Waals surface area contributed by atoms with E-state index in [1.165, 1.54) is 18.5 Å². The number of nitrogens with zero attached hydrogens (tertiary/aromatic N) is 1. The van der Waals surface area contributed by atoms with Crippen LogP contribution in [0, 0.1) is 0 Å². The van der Waals surface area contributed by atoms with Gasteiger partial charge in [0.15, 0.2) is 0 Å². The molecule has 2 rings (SSSR count). The van der Waals surface area contributed by atoms with Gasteiger partial charge in [-0.1, -0.05) is 19.9 Å². The summed E-state index contributed by atoms with van der Waals surface area (Å²) in [5, 5.41) is 6.32. The monoisotopic (exact) mass is 289 g/mol. The van der Waals surface area contributed by atoms with Crippen LogP contribution in [0.15, 0.2) is 24.3 Å². The Morgan fingerprint density at radius 2 is 2.05 bits per heavy atom. The lowest BCUT2D eigenvalue weighted by Gasteiger charge is -2.18. The number of carbonyl (C=O) groups excluding carboxylic acids is 1. The highest BCUT2D eigenvalue weighted by molar-refractivity contribution is 5.91. The first-order chi connectivity index (χ1) is 10.1. The Balaban J connectivity index is 1.79. The lowest BCUT2D eigenvalue weighted by Crippen LogP contribution is -2.24. The minimum absolute atomic E-state index is 0.0964. The van der Waals surface area contributed by atoms with Gasteiger partial charge in [-0.3, -0.25) is 4.79 Å². The zero-order valence-corrected chi connectivity index (χ0v) is 13.2. The van der Waals surface area contributed by atoms with Crippen molar-refractivity contribution >= 4 is 17.3 Å². The van der Waals surface area contributed by atoms with Gasteiger partial charge in [0, 0.05) is 36.9 Å². The second-order valence-corrected chi connectivity index (χ2v) is 6.01. The molecule has 1 aliphatic heterocycles. The molecule has 0 aliphatic carbocycles. The van der Waals surface area contributed by atoms with E-state index in [0.29, 0.717) is 12.5 Å². The van der Waals surface area contributed by atoms with Crippen LogP contribution in [0.3, 0.4) is 0 Å². The summed E-state index contributed by atoms with van der Waals surface area (Å²) in [6.45, 7) is 7.36. The topological polar surface area (TPSA) is 44.4 Å². The fourth-order valence-electron chi connectivity index (χ4n) is 2.62. The van der Waals surface area contributed by atoms with Crippen LogP contribution in [0.25, 0.3) is 0 Å². The Hall–Kier alpha value is -1.55. The third kappa shape index (κ3) is 5.38. The molecular weight excluding hydrogens is 262 g/mol. The third-order valence-electron chi connectivity index (χ3n) is 3.73. The van der Waals surface area contributed by atoms with Gasteiger partial charge >= 0.3 is 0 Å². The average molecular weight is 289 g/mol. The molecule has 4 nitrogen and oxygen atoms in total. The molecule has 0 aromatic heterocycles. The van der Waals surface area contributed by atoms with Gasteiger partial charge in [0.1, 0.15) is 0 Å². The number of hydrogen-bond acceptors (Lipinski definition) is 3. The van der Waals surface area contributed by atoms with Gasteiger partial charge in [-0.05, 0) is 44.0 Å².